The van der Waals surface area contributed by atoms with Crippen LogP contribution in [0.25, 0.3) is 0 Å². The van der Waals surface area contributed by atoms with Crippen LogP contribution in [0.3, 0.4) is 0 Å². The molecule has 0 aliphatic heterocycles. The lowest BCUT2D eigenvalue weighted by Crippen LogP contribution is -2.52. The summed E-state index contributed by atoms with van der Waals surface area (Å²) in [5, 5.41) is 24.6. The van der Waals surface area contributed by atoms with Crippen LogP contribution in [0.4, 0.5) is 0 Å². The van der Waals surface area contributed by atoms with Gasteiger partial charge in [0.15, 0.2) is 0 Å². The van der Waals surface area contributed by atoms with Crippen LogP contribution in [-0.2, 0) is 12.8 Å². The molecule has 0 amide bonds. The molecule has 0 spiro atoms. The summed E-state index contributed by atoms with van der Waals surface area (Å²) in [5.74, 6) is 1.40. The normalized spacial score (nSPS) is 43.8. The van der Waals surface area contributed by atoms with Crippen LogP contribution in [0.15, 0.2) is 22.9 Å². The predicted molar refractivity (Wildman–Crippen MR) is 95.9 cm³/mol. The van der Waals surface area contributed by atoms with Gasteiger partial charge in [-0.1, -0.05) is 31.2 Å². The molecular weight excluding hydrogens is 314 g/mol. The van der Waals surface area contributed by atoms with Crippen LogP contribution in [0.2, 0.25) is 0 Å². The second-order valence-corrected chi connectivity index (χ2v) is 9.21. The first-order valence-electron chi connectivity index (χ1n) is 9.76. The Morgan fingerprint density at radius 2 is 2.04 bits per heavy atom. The predicted octanol–water partition coefficient (Wildman–Crippen LogP) is 3.38. The lowest BCUT2D eigenvalue weighted by molar-refractivity contribution is -0.0737. The Labute approximate surface area is 150 Å². The van der Waals surface area contributed by atoms with E-state index >= 15 is 0 Å². The van der Waals surface area contributed by atoms with Crippen molar-refractivity contribution in [2.75, 3.05) is 13.2 Å². The fourth-order valence-electron chi connectivity index (χ4n) is 6.59. The summed E-state index contributed by atoms with van der Waals surface area (Å²) in [6.07, 6.45) is 7.95. The molecular formula is C21H31NO3. The van der Waals surface area contributed by atoms with E-state index in [4.69, 9.17) is 4.52 Å². The lowest BCUT2D eigenvalue weighted by Gasteiger charge is -2.55. The largest absolute Gasteiger partial charge is 0.396 e. The van der Waals surface area contributed by atoms with Crippen molar-refractivity contribution in [1.29, 1.82) is 0 Å². The Morgan fingerprint density at radius 3 is 2.76 bits per heavy atom. The monoisotopic (exact) mass is 345 g/mol. The topological polar surface area (TPSA) is 66.5 Å². The summed E-state index contributed by atoms with van der Waals surface area (Å²) in [5.41, 5.74) is 3.74. The Morgan fingerprint density at radius 1 is 1.24 bits per heavy atom. The van der Waals surface area contributed by atoms with Gasteiger partial charge in [-0.3, -0.25) is 0 Å². The minimum atomic E-state index is -0.0219. The minimum absolute atomic E-state index is 0.0219. The Bertz CT molecular complexity index is 668. The number of fused-ring (bicyclic) bond motifs is 2. The van der Waals surface area contributed by atoms with Crippen LogP contribution in [-0.4, -0.2) is 28.6 Å². The quantitative estimate of drug-likeness (QED) is 0.824. The first-order chi connectivity index (χ1) is 11.9. The van der Waals surface area contributed by atoms with E-state index in [9.17, 15) is 10.2 Å². The molecule has 0 aromatic carbocycles. The maximum Gasteiger partial charge on any atom is 0.127 e. The average Bonchev–Trinajstić information content (AvgIpc) is 3.17. The third-order valence-electron chi connectivity index (χ3n) is 8.34. The molecule has 3 aliphatic carbocycles. The fraction of sp³-hybridized carbons (Fsp3) is 0.762. The maximum absolute atomic E-state index is 10.3. The molecule has 138 valence electrons. The van der Waals surface area contributed by atoms with Gasteiger partial charge in [-0.2, -0.15) is 0 Å². The van der Waals surface area contributed by atoms with Crippen molar-refractivity contribution in [3.05, 3.63) is 29.7 Å². The summed E-state index contributed by atoms with van der Waals surface area (Å²) in [6, 6.07) is 0. The van der Waals surface area contributed by atoms with Gasteiger partial charge in [0.05, 0.1) is 5.69 Å². The van der Waals surface area contributed by atoms with Gasteiger partial charge in [0.25, 0.3) is 0 Å². The second kappa shape index (κ2) is 5.95. The number of aliphatic hydroxyl groups excluding tert-OH is 2. The highest BCUT2D eigenvalue weighted by molar-refractivity contribution is 5.25. The van der Waals surface area contributed by atoms with Gasteiger partial charge in [0.2, 0.25) is 0 Å². The van der Waals surface area contributed by atoms with Crippen molar-refractivity contribution in [3.63, 3.8) is 0 Å². The zero-order valence-corrected chi connectivity index (χ0v) is 15.5. The standard InChI is InChI=1S/C21H31NO3/c1-13-4-5-17-16(11-24)18(6-7-20(13,17)2)21(3)9-14-12-25-22-19(14)8-15(21)10-23/h12,15-18,23-24H,1,4-11H2,2-3H3. The number of hydrogen-bond acceptors (Lipinski definition) is 4. The zero-order chi connectivity index (χ0) is 17.8. The van der Waals surface area contributed by atoms with Crippen molar-refractivity contribution in [2.24, 2.45) is 34.5 Å². The van der Waals surface area contributed by atoms with E-state index in [1.54, 1.807) is 6.26 Å². The Hall–Kier alpha value is -1.13. The summed E-state index contributed by atoms with van der Waals surface area (Å²) in [4.78, 5) is 0. The molecule has 6 atom stereocenters. The zero-order valence-electron chi connectivity index (χ0n) is 15.5. The highest BCUT2D eigenvalue weighted by Crippen LogP contribution is 2.62. The van der Waals surface area contributed by atoms with Crippen LogP contribution in [0, 0.1) is 34.5 Å². The van der Waals surface area contributed by atoms with Crippen LogP contribution >= 0.6 is 0 Å². The molecule has 1 aromatic rings. The van der Waals surface area contributed by atoms with Crippen LogP contribution in [0.5, 0.6) is 0 Å². The van der Waals surface area contributed by atoms with Crippen molar-refractivity contribution in [3.8, 4) is 0 Å². The molecule has 4 nitrogen and oxygen atoms in total. The van der Waals surface area contributed by atoms with Gasteiger partial charge in [0, 0.05) is 18.8 Å². The number of rotatable bonds is 3. The number of allylic oxidation sites excluding steroid dienone is 1. The second-order valence-electron chi connectivity index (χ2n) is 9.21. The molecule has 4 rings (SSSR count). The van der Waals surface area contributed by atoms with Gasteiger partial charge >= 0.3 is 0 Å². The highest BCUT2D eigenvalue weighted by atomic mass is 16.5. The first-order valence-corrected chi connectivity index (χ1v) is 9.76. The molecule has 2 fully saturated rings. The van der Waals surface area contributed by atoms with Gasteiger partial charge in [0.1, 0.15) is 6.26 Å². The van der Waals surface area contributed by atoms with Gasteiger partial charge < -0.3 is 14.7 Å². The number of aliphatic hydroxyl groups is 2. The van der Waals surface area contributed by atoms with Gasteiger partial charge in [-0.05, 0) is 73.0 Å². The van der Waals surface area contributed by atoms with Gasteiger partial charge in [-0.15, -0.1) is 0 Å². The van der Waals surface area contributed by atoms with Crippen molar-refractivity contribution < 1.29 is 14.7 Å². The molecule has 2 N–H and O–H groups in total. The average molecular weight is 345 g/mol. The first kappa shape index (κ1) is 17.3. The number of aromatic nitrogens is 1. The van der Waals surface area contributed by atoms with Crippen LogP contribution in [0.1, 0.15) is 50.8 Å². The summed E-state index contributed by atoms with van der Waals surface area (Å²) in [6.45, 7) is 9.44. The fourth-order valence-corrected chi connectivity index (χ4v) is 6.59. The van der Waals surface area contributed by atoms with E-state index in [1.807, 2.05) is 0 Å². The molecule has 0 bridgehead atoms. The molecule has 4 heteroatoms. The van der Waals surface area contributed by atoms with E-state index in [-0.39, 0.29) is 30.0 Å². The van der Waals surface area contributed by atoms with Crippen molar-refractivity contribution in [2.45, 2.75) is 52.4 Å². The van der Waals surface area contributed by atoms with Crippen LogP contribution < -0.4 is 0 Å². The summed E-state index contributed by atoms with van der Waals surface area (Å²) >= 11 is 0. The lowest BCUT2D eigenvalue weighted by atomic mass is 9.49. The van der Waals surface area contributed by atoms with E-state index in [0.717, 1.165) is 44.2 Å². The third-order valence-corrected chi connectivity index (χ3v) is 8.34. The SMILES string of the molecule is C=C1CCC2C(CO)C(C3(C)Cc4conc4CC3CO)CCC12C. The molecule has 0 saturated heterocycles. The molecule has 1 heterocycles. The van der Waals surface area contributed by atoms with Crippen molar-refractivity contribution >= 4 is 0 Å². The third kappa shape index (κ3) is 2.37. The maximum atomic E-state index is 10.3. The van der Waals surface area contributed by atoms with E-state index in [1.165, 1.54) is 11.1 Å². The molecule has 0 radical (unpaired) electrons. The minimum Gasteiger partial charge on any atom is -0.396 e. The Kier molecular flexibility index (Phi) is 4.12. The smallest absolute Gasteiger partial charge is 0.127 e. The van der Waals surface area contributed by atoms with E-state index < -0.39 is 0 Å². The molecule has 6 unspecified atom stereocenters. The molecule has 3 aliphatic rings. The molecule has 1 aromatic heterocycles. The van der Waals surface area contributed by atoms with Gasteiger partial charge in [-0.25, -0.2) is 0 Å². The van der Waals surface area contributed by atoms with Crippen molar-refractivity contribution in [1.82, 2.24) is 5.16 Å². The number of hydrogen-bond donors (Lipinski definition) is 2. The van der Waals surface area contributed by atoms with E-state index in [2.05, 4.69) is 25.6 Å². The summed E-state index contributed by atoms with van der Waals surface area (Å²) < 4.78 is 5.20. The highest BCUT2D eigenvalue weighted by Gasteiger charge is 2.56. The summed E-state index contributed by atoms with van der Waals surface area (Å²) in [7, 11) is 0. The molecule has 25 heavy (non-hydrogen) atoms. The number of nitrogens with zero attached hydrogens (tertiary/aromatic N) is 1. The van der Waals surface area contributed by atoms with E-state index in [0.29, 0.717) is 17.8 Å². The molecule has 2 saturated carbocycles. The Balaban J connectivity index is 1.69.